The molecule has 4 heterocycles. The molecule has 4 aromatic carbocycles. The van der Waals surface area contributed by atoms with Crippen molar-refractivity contribution in [2.45, 2.75) is 137 Å². The number of nitrogens with zero attached hydrogens (tertiary/aromatic N) is 6. The first-order valence-electron chi connectivity index (χ1n) is 32.9. The van der Waals surface area contributed by atoms with E-state index >= 15 is 0 Å². The van der Waals surface area contributed by atoms with Gasteiger partial charge in [0.15, 0.2) is 0 Å². The zero-order valence-corrected chi connectivity index (χ0v) is 57.2. The monoisotopic (exact) mass is 1370 g/mol. The van der Waals surface area contributed by atoms with Crippen LogP contribution in [0.1, 0.15) is 99.0 Å². The molecule has 0 spiro atoms. The van der Waals surface area contributed by atoms with Gasteiger partial charge in [-0.25, -0.2) is 35.9 Å². The average Bonchev–Trinajstić information content (AvgIpc) is 1.61. The Balaban J connectivity index is 0.529. The Labute approximate surface area is 563 Å². The number of nitriles is 2. The number of halogens is 2. The Morgan fingerprint density at radius 1 is 0.543 bits per heavy atom. The first kappa shape index (κ1) is 70.9. The number of likely N-dealkylation sites (tertiary alicyclic amines) is 2. The predicted octanol–water partition coefficient (Wildman–Crippen LogP) is 5.01. The van der Waals surface area contributed by atoms with Crippen LogP contribution in [0.25, 0.3) is 0 Å². The third kappa shape index (κ3) is 19.0. The summed E-state index contributed by atoms with van der Waals surface area (Å²) in [4.78, 5) is 34.1. The number of sulfonamides is 2. The van der Waals surface area contributed by atoms with Gasteiger partial charge in [0.25, 0.3) is 0 Å². The van der Waals surface area contributed by atoms with Gasteiger partial charge < -0.3 is 50.8 Å². The summed E-state index contributed by atoms with van der Waals surface area (Å²) in [6, 6.07) is 24.7. The number of urea groups is 2. The predicted molar refractivity (Wildman–Crippen MR) is 358 cm³/mol. The third-order valence-corrected chi connectivity index (χ3v) is 21.8. The van der Waals surface area contributed by atoms with E-state index in [-0.39, 0.29) is 70.2 Å². The largest absolute Gasteiger partial charge is 0.484 e. The van der Waals surface area contributed by atoms with E-state index < -0.39 is 32.3 Å². The summed E-state index contributed by atoms with van der Waals surface area (Å²) in [6.07, 6.45) is 3.14. The quantitative estimate of drug-likeness (QED) is 0.0332. The molecular weight excluding hydrogens is 1280 g/mol. The van der Waals surface area contributed by atoms with E-state index in [0.29, 0.717) is 163 Å². The van der Waals surface area contributed by atoms with Gasteiger partial charge in [0, 0.05) is 125 Å². The molecule has 2 aliphatic carbocycles. The van der Waals surface area contributed by atoms with E-state index in [0.717, 1.165) is 48.4 Å². The molecule has 8 N–H and O–H groups in total. The number of hydrogen-bond acceptors (Lipinski definition) is 18. The van der Waals surface area contributed by atoms with Crippen LogP contribution in [0.15, 0.2) is 82.6 Å². The molecule has 4 aliphatic heterocycles. The molecule has 0 aromatic heterocycles. The number of fused-ring (bicyclic) bond motifs is 2. The summed E-state index contributed by atoms with van der Waals surface area (Å²) in [5, 5.41) is 39.2. The van der Waals surface area contributed by atoms with Crippen LogP contribution < -0.4 is 50.8 Å². The SMILES string of the molecule is CC1CN([C@H]2Cc3c(C#N)cc(Cl)cc3[C@@H]2Oc2ccc(S(=O)(=O)N[C@H]3CCN(CCOCCNC(=O)NCCCCNC(=O)NCCOCCN4CC[C@H](NS(=O)(=O)c5ccc(O[C@H]6c7cc(Cl)cc(C#N)c7C[C@@H]6N6CC(C)N[C@@H](C)C6)cc5)C4)C3)cc2)C[C@H](C)N1. The minimum Gasteiger partial charge on any atom is -0.484 e. The fourth-order valence-corrected chi connectivity index (χ4v) is 17.1. The molecule has 4 saturated heterocycles. The molecule has 28 heteroatoms. The second-order valence-corrected chi connectivity index (χ2v) is 30.1. The van der Waals surface area contributed by atoms with Gasteiger partial charge in [-0.05, 0) is 174 Å². The molecule has 0 bridgehead atoms. The van der Waals surface area contributed by atoms with Gasteiger partial charge >= 0.3 is 12.1 Å². The highest BCUT2D eigenvalue weighted by molar-refractivity contribution is 7.89. The maximum Gasteiger partial charge on any atom is 0.314 e. The summed E-state index contributed by atoms with van der Waals surface area (Å²) in [5.74, 6) is 1.05. The summed E-state index contributed by atoms with van der Waals surface area (Å²) in [5.41, 5.74) is 4.73. The Kier molecular flexibility index (Phi) is 24.8. The fraction of sp³-hybridized carbons (Fsp3) is 0.576. The van der Waals surface area contributed by atoms with Crippen molar-refractivity contribution in [3.8, 4) is 23.6 Å². The topological polar surface area (TPSA) is 296 Å². The first-order valence-corrected chi connectivity index (χ1v) is 36.6. The smallest absolute Gasteiger partial charge is 0.314 e. The summed E-state index contributed by atoms with van der Waals surface area (Å²) >= 11 is 13.0. The second kappa shape index (κ2) is 32.9. The van der Waals surface area contributed by atoms with E-state index in [2.05, 4.69) is 101 Å². The van der Waals surface area contributed by atoms with Crippen LogP contribution in [0.4, 0.5) is 9.59 Å². The Hall–Kier alpha value is -5.92. The van der Waals surface area contributed by atoms with Crippen molar-refractivity contribution in [1.29, 1.82) is 10.5 Å². The van der Waals surface area contributed by atoms with Crippen molar-refractivity contribution in [1.82, 2.24) is 60.9 Å². The number of nitrogens with one attached hydrogen (secondary N) is 8. The molecule has 24 nitrogen and oxygen atoms in total. The Morgan fingerprint density at radius 3 is 1.29 bits per heavy atom. The maximum absolute atomic E-state index is 13.5. The van der Waals surface area contributed by atoms with Crippen LogP contribution in [-0.4, -0.2) is 215 Å². The highest BCUT2D eigenvalue weighted by Gasteiger charge is 2.44. The van der Waals surface area contributed by atoms with Gasteiger partial charge in [-0.3, -0.25) is 19.6 Å². The molecule has 510 valence electrons. The Morgan fingerprint density at radius 2 is 0.915 bits per heavy atom. The lowest BCUT2D eigenvalue weighted by Gasteiger charge is -2.41. The van der Waals surface area contributed by atoms with E-state index in [1.165, 1.54) is 0 Å². The van der Waals surface area contributed by atoms with Gasteiger partial charge in [-0.1, -0.05) is 23.2 Å². The lowest BCUT2D eigenvalue weighted by molar-refractivity contribution is 0.0479. The number of hydrogen-bond donors (Lipinski definition) is 8. The van der Waals surface area contributed by atoms with E-state index in [4.69, 9.17) is 42.1 Å². The van der Waals surface area contributed by atoms with Gasteiger partial charge in [-0.2, -0.15) is 10.5 Å². The van der Waals surface area contributed by atoms with Crippen molar-refractivity contribution in [3.63, 3.8) is 0 Å². The van der Waals surface area contributed by atoms with Gasteiger partial charge in [0.1, 0.15) is 23.7 Å². The number of carbonyl (C=O) groups excluding carboxylic acids is 2. The van der Waals surface area contributed by atoms with Gasteiger partial charge in [-0.15, -0.1) is 0 Å². The molecule has 0 radical (unpaired) electrons. The zero-order chi connectivity index (χ0) is 66.5. The van der Waals surface area contributed by atoms with Crippen LogP contribution in [0.2, 0.25) is 10.0 Å². The molecule has 10 atom stereocenters. The number of benzene rings is 4. The van der Waals surface area contributed by atoms with Gasteiger partial charge in [0.2, 0.25) is 20.0 Å². The van der Waals surface area contributed by atoms with Crippen LogP contribution >= 0.6 is 23.2 Å². The van der Waals surface area contributed by atoms with E-state index in [1.54, 1.807) is 60.7 Å². The standard InChI is InChI=1S/C66H90Cl2N14O10S2/c1-43-37-81(38-44(2)75-43)61-33-57-47(35-69)29-49(67)31-59(57)63(61)91-53-7-11-55(12-8-53)93(85,86)77-51-15-21-79(41-51)23-27-89-25-19-73-65(83)71-17-5-6-18-72-66(84)74-20-26-90-28-24-80-22-16-52(42-80)78-94(87,88)56-13-9-54(10-14-56)92-64-60-32-50(68)30-48(36-70)58(60)34-62(64)82-39-45(3)76-46(4)40-82/h7-14,29-32,43-46,51-52,61-64,75-78H,5-6,15-28,33-34,37-42H2,1-4H3,(H2,71,73,83)(H2,72,74,84)/t43-,44?,45-,46?,51-,52-,61-,62-,63-,64-/m0/s1. The van der Waals surface area contributed by atoms with Crippen molar-refractivity contribution in [2.24, 2.45) is 0 Å². The molecule has 4 amide bonds. The third-order valence-electron chi connectivity index (χ3n) is 18.3. The van der Waals surface area contributed by atoms with Crippen LogP contribution in [0.5, 0.6) is 11.5 Å². The summed E-state index contributed by atoms with van der Waals surface area (Å²) in [7, 11) is -7.63. The van der Waals surface area contributed by atoms with Crippen molar-refractivity contribution < 1.29 is 45.4 Å². The first-order chi connectivity index (χ1) is 45.2. The molecule has 2 unspecified atom stereocenters. The van der Waals surface area contributed by atoms with E-state index in [9.17, 15) is 36.9 Å². The highest BCUT2D eigenvalue weighted by atomic mass is 35.5. The minimum absolute atomic E-state index is 0.0273. The maximum atomic E-state index is 13.5. The van der Waals surface area contributed by atoms with Crippen LogP contribution in [0, 0.1) is 22.7 Å². The number of rotatable bonds is 29. The number of ether oxygens (including phenoxy) is 4. The zero-order valence-electron chi connectivity index (χ0n) is 54.0. The van der Waals surface area contributed by atoms with Crippen molar-refractivity contribution in [2.75, 3.05) is 118 Å². The van der Waals surface area contributed by atoms with Crippen LogP contribution in [0.3, 0.4) is 0 Å². The number of unbranched alkanes of at least 4 members (excludes halogenated alkanes) is 1. The van der Waals surface area contributed by atoms with Crippen molar-refractivity contribution >= 4 is 55.3 Å². The number of amides is 4. The van der Waals surface area contributed by atoms with Crippen molar-refractivity contribution in [3.05, 3.63) is 116 Å². The lowest BCUT2D eigenvalue weighted by Crippen LogP contribution is -2.58. The molecule has 10 rings (SSSR count). The van der Waals surface area contributed by atoms with Gasteiger partial charge in [0.05, 0.1) is 71.6 Å². The molecule has 0 saturated carbocycles. The normalized spacial score (nSPS) is 25.1. The molecular formula is C66H90Cl2N14O10S2. The summed E-state index contributed by atoms with van der Waals surface area (Å²) < 4.78 is 84.7. The molecule has 4 fully saturated rings. The fourth-order valence-electron chi connectivity index (χ4n) is 14.1. The summed E-state index contributed by atoms with van der Waals surface area (Å²) in [6.45, 7) is 18.7. The minimum atomic E-state index is -3.82. The number of carbonyl (C=O) groups is 2. The Bertz CT molecular complexity index is 3320. The lowest BCUT2D eigenvalue weighted by atomic mass is 10.0. The highest BCUT2D eigenvalue weighted by Crippen LogP contribution is 2.44. The molecule has 6 aliphatic rings. The average molecular weight is 1370 g/mol. The van der Waals surface area contributed by atoms with Crippen LogP contribution in [-0.2, 0) is 42.4 Å². The van der Waals surface area contributed by atoms with E-state index in [1.807, 2.05) is 12.1 Å². The molecule has 94 heavy (non-hydrogen) atoms. The number of piperazine rings is 2. The second-order valence-electron chi connectivity index (χ2n) is 25.8. The molecule has 4 aromatic rings.